The zero-order chi connectivity index (χ0) is 13.2. The van der Waals surface area contributed by atoms with Crippen molar-refractivity contribution in [3.8, 4) is 5.75 Å². The van der Waals surface area contributed by atoms with Gasteiger partial charge in [-0.1, -0.05) is 22.0 Å². The molecule has 1 amide bonds. The van der Waals surface area contributed by atoms with Crippen molar-refractivity contribution in [2.24, 2.45) is 0 Å². The van der Waals surface area contributed by atoms with E-state index in [1.54, 1.807) is 0 Å². The van der Waals surface area contributed by atoms with E-state index in [-0.39, 0.29) is 18.3 Å². The molecule has 0 saturated carbocycles. The normalized spacial score (nSPS) is 9.58. The van der Waals surface area contributed by atoms with E-state index in [4.69, 9.17) is 4.74 Å². The van der Waals surface area contributed by atoms with Gasteiger partial charge in [0.25, 0.3) is 0 Å². The second kappa shape index (κ2) is 11.1. The van der Waals surface area contributed by atoms with E-state index in [0.29, 0.717) is 19.6 Å². The van der Waals surface area contributed by atoms with E-state index >= 15 is 0 Å². The molecule has 2 N–H and O–H groups in total. The molecule has 0 bridgehead atoms. The maximum atomic E-state index is 11.4. The van der Waals surface area contributed by atoms with Gasteiger partial charge in [-0.15, -0.1) is 12.4 Å². The van der Waals surface area contributed by atoms with Crippen molar-refractivity contribution in [1.82, 2.24) is 10.6 Å². The summed E-state index contributed by atoms with van der Waals surface area (Å²) in [5.74, 6) is 0.872. The summed E-state index contributed by atoms with van der Waals surface area (Å²) in [7, 11) is 1.88. The molecule has 4 nitrogen and oxygen atoms in total. The summed E-state index contributed by atoms with van der Waals surface area (Å²) in [6.07, 6.45) is 1.41. The summed E-state index contributed by atoms with van der Waals surface area (Å²) < 4.78 is 6.49. The van der Waals surface area contributed by atoms with Gasteiger partial charge < -0.3 is 15.4 Å². The fourth-order valence-electron chi connectivity index (χ4n) is 1.43. The molecule has 0 atom stereocenters. The van der Waals surface area contributed by atoms with Crippen molar-refractivity contribution in [2.45, 2.75) is 12.8 Å². The molecular formula is C13H20BrClN2O2. The molecule has 0 fully saturated rings. The Morgan fingerprint density at radius 1 is 1.37 bits per heavy atom. The minimum Gasteiger partial charge on any atom is -0.492 e. The van der Waals surface area contributed by atoms with Crippen molar-refractivity contribution >= 4 is 34.2 Å². The van der Waals surface area contributed by atoms with Crippen molar-refractivity contribution in [2.75, 3.05) is 26.7 Å². The summed E-state index contributed by atoms with van der Waals surface area (Å²) >= 11 is 3.37. The first kappa shape index (κ1) is 18.2. The van der Waals surface area contributed by atoms with Gasteiger partial charge in [-0.2, -0.15) is 0 Å². The first-order chi connectivity index (χ1) is 8.72. The summed E-state index contributed by atoms with van der Waals surface area (Å²) in [6.45, 7) is 1.88. The number of hydrogen-bond donors (Lipinski definition) is 2. The van der Waals surface area contributed by atoms with Crippen LogP contribution in [0.25, 0.3) is 0 Å². The molecule has 19 heavy (non-hydrogen) atoms. The molecule has 1 aromatic rings. The highest BCUT2D eigenvalue weighted by atomic mass is 79.9. The lowest BCUT2D eigenvalue weighted by Crippen LogP contribution is -2.28. The number of halogens is 2. The molecule has 0 aliphatic heterocycles. The van der Waals surface area contributed by atoms with Gasteiger partial charge in [-0.05, 0) is 38.2 Å². The Kier molecular flexibility index (Phi) is 10.6. The van der Waals surface area contributed by atoms with E-state index in [0.717, 1.165) is 23.2 Å². The van der Waals surface area contributed by atoms with Crippen LogP contribution in [0, 0.1) is 0 Å². The smallest absolute Gasteiger partial charge is 0.220 e. The maximum absolute atomic E-state index is 11.4. The van der Waals surface area contributed by atoms with Crippen LogP contribution >= 0.6 is 28.3 Å². The van der Waals surface area contributed by atoms with Crippen molar-refractivity contribution in [3.05, 3.63) is 28.7 Å². The predicted molar refractivity (Wildman–Crippen MR) is 83.1 cm³/mol. The monoisotopic (exact) mass is 350 g/mol. The molecule has 0 heterocycles. The lowest BCUT2D eigenvalue weighted by atomic mass is 10.3. The van der Waals surface area contributed by atoms with Gasteiger partial charge in [-0.25, -0.2) is 0 Å². The summed E-state index contributed by atoms with van der Waals surface area (Å²) in [4.78, 5) is 11.4. The first-order valence-electron chi connectivity index (χ1n) is 6.02. The quantitative estimate of drug-likeness (QED) is 0.707. The Balaban J connectivity index is 0.00000324. The molecule has 0 aliphatic carbocycles. The predicted octanol–water partition coefficient (Wildman–Crippen LogP) is 2.37. The Morgan fingerprint density at radius 3 is 2.84 bits per heavy atom. The second-order valence-electron chi connectivity index (χ2n) is 3.86. The minimum absolute atomic E-state index is 0. The fourth-order valence-corrected chi connectivity index (χ4v) is 1.81. The number of nitrogens with one attached hydrogen (secondary N) is 2. The number of hydrogen-bond acceptors (Lipinski definition) is 3. The van der Waals surface area contributed by atoms with E-state index in [1.165, 1.54) is 0 Å². The molecule has 0 spiro atoms. The van der Waals surface area contributed by atoms with Gasteiger partial charge in [0, 0.05) is 10.9 Å². The third kappa shape index (κ3) is 8.86. The lowest BCUT2D eigenvalue weighted by Gasteiger charge is -2.08. The van der Waals surface area contributed by atoms with Crippen LogP contribution in [0.1, 0.15) is 12.8 Å². The number of rotatable bonds is 8. The zero-order valence-corrected chi connectivity index (χ0v) is 13.4. The van der Waals surface area contributed by atoms with Gasteiger partial charge in [0.2, 0.25) is 5.91 Å². The SMILES string of the molecule is CNCCCC(=O)NCCOc1cccc(Br)c1.Cl. The molecule has 108 valence electrons. The lowest BCUT2D eigenvalue weighted by molar-refractivity contribution is -0.121. The molecule has 0 aliphatic rings. The Bertz CT molecular complexity index is 377. The summed E-state index contributed by atoms with van der Waals surface area (Å²) in [5.41, 5.74) is 0. The van der Waals surface area contributed by atoms with Gasteiger partial charge in [0.15, 0.2) is 0 Å². The number of amides is 1. The van der Waals surface area contributed by atoms with E-state index in [9.17, 15) is 4.79 Å². The molecule has 0 radical (unpaired) electrons. The fraction of sp³-hybridized carbons (Fsp3) is 0.462. The van der Waals surface area contributed by atoms with Crippen LogP contribution in [0.3, 0.4) is 0 Å². The van der Waals surface area contributed by atoms with Gasteiger partial charge in [-0.3, -0.25) is 4.79 Å². The maximum Gasteiger partial charge on any atom is 0.220 e. The highest BCUT2D eigenvalue weighted by Crippen LogP contribution is 2.17. The van der Waals surface area contributed by atoms with Gasteiger partial charge in [0.1, 0.15) is 12.4 Å². The average Bonchev–Trinajstić information content (AvgIpc) is 2.35. The highest BCUT2D eigenvalue weighted by Gasteiger charge is 2.00. The van der Waals surface area contributed by atoms with Crippen LogP contribution < -0.4 is 15.4 Å². The number of ether oxygens (including phenoxy) is 1. The molecule has 0 unspecified atom stereocenters. The van der Waals surface area contributed by atoms with E-state index < -0.39 is 0 Å². The van der Waals surface area contributed by atoms with Crippen LogP contribution in [0.5, 0.6) is 5.75 Å². The van der Waals surface area contributed by atoms with E-state index in [2.05, 4.69) is 26.6 Å². The van der Waals surface area contributed by atoms with Gasteiger partial charge >= 0.3 is 0 Å². The number of benzene rings is 1. The Labute approximate surface area is 128 Å². The van der Waals surface area contributed by atoms with Crippen molar-refractivity contribution in [3.63, 3.8) is 0 Å². The first-order valence-corrected chi connectivity index (χ1v) is 6.81. The second-order valence-corrected chi connectivity index (χ2v) is 4.78. The third-order valence-corrected chi connectivity index (χ3v) is 2.81. The average molecular weight is 352 g/mol. The van der Waals surface area contributed by atoms with Crippen molar-refractivity contribution in [1.29, 1.82) is 0 Å². The molecule has 0 saturated heterocycles. The Hall–Kier alpha value is -0.780. The third-order valence-electron chi connectivity index (χ3n) is 2.32. The minimum atomic E-state index is 0. The largest absolute Gasteiger partial charge is 0.492 e. The molecular weight excluding hydrogens is 332 g/mol. The summed E-state index contributed by atoms with van der Waals surface area (Å²) in [5, 5.41) is 5.83. The number of carbonyl (C=O) groups is 1. The molecule has 1 aromatic carbocycles. The standard InChI is InChI=1S/C13H19BrN2O2.ClH/c1-15-7-3-6-13(17)16-8-9-18-12-5-2-4-11(14)10-12;/h2,4-5,10,15H,3,6-9H2,1H3,(H,16,17);1H. The zero-order valence-electron chi connectivity index (χ0n) is 10.9. The molecule has 6 heteroatoms. The van der Waals surface area contributed by atoms with Crippen LogP contribution in [-0.4, -0.2) is 32.7 Å². The van der Waals surface area contributed by atoms with Crippen LogP contribution in [0.2, 0.25) is 0 Å². The number of carbonyl (C=O) groups excluding carboxylic acids is 1. The highest BCUT2D eigenvalue weighted by molar-refractivity contribution is 9.10. The van der Waals surface area contributed by atoms with Crippen LogP contribution in [0.15, 0.2) is 28.7 Å². The van der Waals surface area contributed by atoms with Crippen LogP contribution in [-0.2, 0) is 4.79 Å². The molecule has 0 aromatic heterocycles. The van der Waals surface area contributed by atoms with Crippen molar-refractivity contribution < 1.29 is 9.53 Å². The molecule has 1 rings (SSSR count). The van der Waals surface area contributed by atoms with E-state index in [1.807, 2.05) is 31.3 Å². The van der Waals surface area contributed by atoms with Gasteiger partial charge in [0.05, 0.1) is 6.54 Å². The summed E-state index contributed by atoms with van der Waals surface area (Å²) in [6, 6.07) is 7.64. The Morgan fingerprint density at radius 2 is 2.16 bits per heavy atom. The topological polar surface area (TPSA) is 50.4 Å². The van der Waals surface area contributed by atoms with Crippen LogP contribution in [0.4, 0.5) is 0 Å².